The molecule has 0 saturated carbocycles. The summed E-state index contributed by atoms with van der Waals surface area (Å²) in [5, 5.41) is 10.5. The van der Waals surface area contributed by atoms with Gasteiger partial charge < -0.3 is 0 Å². The van der Waals surface area contributed by atoms with Crippen molar-refractivity contribution in [2.24, 2.45) is 0 Å². The largest absolute Gasteiger partial charge is 0.294 e. The van der Waals surface area contributed by atoms with Crippen molar-refractivity contribution >= 4 is 39.9 Å². The number of carbonyl (C=O) groups excluding carboxylic acids is 1. The van der Waals surface area contributed by atoms with E-state index in [4.69, 9.17) is 12.2 Å². The molecule has 0 aromatic heterocycles. The third-order valence-corrected chi connectivity index (χ3v) is 4.08. The van der Waals surface area contributed by atoms with Crippen LogP contribution in [0.4, 0.5) is 5.69 Å². The van der Waals surface area contributed by atoms with E-state index in [1.165, 1.54) is 36.0 Å². The topological polar surface area (TPSA) is 63.4 Å². The summed E-state index contributed by atoms with van der Waals surface area (Å²) in [7, 11) is 0. The lowest BCUT2D eigenvalue weighted by molar-refractivity contribution is -0.384. The number of nitrogens with zero attached hydrogens (tertiary/aromatic N) is 2. The fraction of sp³-hybridized carbons (Fsp3) is 0.273. The molecule has 1 aromatic rings. The van der Waals surface area contributed by atoms with E-state index in [0.717, 1.165) is 12.2 Å². The SMILES string of the molecule is O=C(c1ccc([N+](=O)[O-])cc1)N1CCCSC1=S. The van der Waals surface area contributed by atoms with Gasteiger partial charge in [-0.15, -0.1) is 0 Å². The monoisotopic (exact) mass is 282 g/mol. The van der Waals surface area contributed by atoms with Crippen molar-refractivity contribution in [1.82, 2.24) is 4.90 Å². The van der Waals surface area contributed by atoms with Gasteiger partial charge in [0.25, 0.3) is 11.6 Å². The highest BCUT2D eigenvalue weighted by Crippen LogP contribution is 2.21. The van der Waals surface area contributed by atoms with Crippen LogP contribution < -0.4 is 0 Å². The number of amides is 1. The van der Waals surface area contributed by atoms with Gasteiger partial charge in [-0.3, -0.25) is 19.8 Å². The maximum absolute atomic E-state index is 12.1. The Morgan fingerprint density at radius 2 is 2.06 bits per heavy atom. The molecule has 0 bridgehead atoms. The minimum Gasteiger partial charge on any atom is -0.294 e. The molecule has 94 valence electrons. The van der Waals surface area contributed by atoms with Crippen LogP contribution in [0.15, 0.2) is 24.3 Å². The summed E-state index contributed by atoms with van der Waals surface area (Å²) >= 11 is 6.62. The molecule has 0 spiro atoms. The van der Waals surface area contributed by atoms with Gasteiger partial charge in [0.15, 0.2) is 0 Å². The van der Waals surface area contributed by atoms with Crippen LogP contribution in [0.25, 0.3) is 0 Å². The Labute approximate surface area is 113 Å². The molecule has 1 fully saturated rings. The van der Waals surface area contributed by atoms with E-state index < -0.39 is 4.92 Å². The number of hydrogen-bond acceptors (Lipinski definition) is 5. The standard InChI is InChI=1S/C11H10N2O3S2/c14-10(12-6-1-7-18-11(12)17)8-2-4-9(5-3-8)13(15)16/h2-5H,1,6-7H2. The van der Waals surface area contributed by atoms with Crippen molar-refractivity contribution in [2.75, 3.05) is 12.3 Å². The summed E-state index contributed by atoms with van der Waals surface area (Å²) in [4.78, 5) is 23.7. The number of non-ortho nitro benzene ring substituents is 1. The van der Waals surface area contributed by atoms with Gasteiger partial charge in [-0.05, 0) is 18.6 Å². The summed E-state index contributed by atoms with van der Waals surface area (Å²) in [6, 6.07) is 5.57. The second-order valence-corrected chi connectivity index (χ2v) is 5.46. The van der Waals surface area contributed by atoms with E-state index in [1.54, 1.807) is 4.90 Å². The van der Waals surface area contributed by atoms with Gasteiger partial charge in [0, 0.05) is 30.0 Å². The fourth-order valence-corrected chi connectivity index (χ4v) is 2.82. The molecule has 1 aromatic carbocycles. The molecule has 0 radical (unpaired) electrons. The lowest BCUT2D eigenvalue weighted by Crippen LogP contribution is -2.38. The Morgan fingerprint density at radius 1 is 1.39 bits per heavy atom. The van der Waals surface area contributed by atoms with Crippen LogP contribution in [0.1, 0.15) is 16.8 Å². The van der Waals surface area contributed by atoms with E-state index in [2.05, 4.69) is 0 Å². The van der Waals surface area contributed by atoms with Crippen LogP contribution in [-0.4, -0.2) is 32.3 Å². The number of benzene rings is 1. The van der Waals surface area contributed by atoms with E-state index in [-0.39, 0.29) is 11.6 Å². The number of hydrogen-bond donors (Lipinski definition) is 0. The van der Waals surface area contributed by atoms with Gasteiger partial charge in [-0.25, -0.2) is 0 Å². The Kier molecular flexibility index (Phi) is 3.93. The van der Waals surface area contributed by atoms with Gasteiger partial charge in [0.05, 0.1) is 4.92 Å². The highest BCUT2D eigenvalue weighted by molar-refractivity contribution is 8.23. The number of nitro groups is 1. The summed E-state index contributed by atoms with van der Waals surface area (Å²) in [5.41, 5.74) is 0.396. The minimum absolute atomic E-state index is 0.0258. The molecule has 1 aliphatic rings. The normalized spacial score (nSPS) is 15.6. The average molecular weight is 282 g/mol. The first-order chi connectivity index (χ1) is 8.59. The summed E-state index contributed by atoms with van der Waals surface area (Å²) in [6.07, 6.45) is 0.906. The molecule has 1 amide bonds. The molecule has 7 heteroatoms. The first-order valence-electron chi connectivity index (χ1n) is 5.32. The third-order valence-electron chi connectivity index (χ3n) is 2.54. The molecule has 1 aliphatic heterocycles. The molecule has 1 saturated heterocycles. The number of thiocarbonyl (C=S) groups is 1. The molecular weight excluding hydrogens is 272 g/mol. The van der Waals surface area contributed by atoms with Crippen LogP contribution in [0.5, 0.6) is 0 Å². The Bertz CT molecular complexity index is 502. The first-order valence-corrected chi connectivity index (χ1v) is 6.72. The van der Waals surface area contributed by atoms with Crippen LogP contribution in [0, 0.1) is 10.1 Å². The van der Waals surface area contributed by atoms with Crippen molar-refractivity contribution in [1.29, 1.82) is 0 Å². The van der Waals surface area contributed by atoms with Gasteiger partial charge in [-0.2, -0.15) is 0 Å². The second-order valence-electron chi connectivity index (χ2n) is 3.73. The lowest BCUT2D eigenvalue weighted by atomic mass is 10.2. The zero-order valence-corrected chi connectivity index (χ0v) is 11.0. The molecular formula is C11H10N2O3S2. The molecule has 2 rings (SSSR count). The maximum atomic E-state index is 12.1. The van der Waals surface area contributed by atoms with Crippen molar-refractivity contribution in [3.63, 3.8) is 0 Å². The van der Waals surface area contributed by atoms with Crippen LogP contribution in [0.3, 0.4) is 0 Å². The summed E-state index contributed by atoms with van der Waals surface area (Å²) in [6.45, 7) is 0.613. The fourth-order valence-electron chi connectivity index (χ4n) is 1.62. The van der Waals surface area contributed by atoms with Crippen molar-refractivity contribution in [3.8, 4) is 0 Å². The number of rotatable bonds is 2. The summed E-state index contributed by atoms with van der Waals surface area (Å²) in [5.74, 6) is 0.741. The Balaban J connectivity index is 2.17. The lowest BCUT2D eigenvalue weighted by Gasteiger charge is -2.26. The first kappa shape index (κ1) is 13.0. The van der Waals surface area contributed by atoms with E-state index in [1.807, 2.05) is 0 Å². The molecule has 18 heavy (non-hydrogen) atoms. The van der Waals surface area contributed by atoms with E-state index >= 15 is 0 Å². The maximum Gasteiger partial charge on any atom is 0.269 e. The zero-order valence-electron chi connectivity index (χ0n) is 9.37. The quantitative estimate of drug-likeness (QED) is 0.473. The Morgan fingerprint density at radius 3 is 2.61 bits per heavy atom. The molecule has 0 N–H and O–H groups in total. The molecule has 5 nitrogen and oxygen atoms in total. The number of thioether (sulfide) groups is 1. The van der Waals surface area contributed by atoms with Crippen molar-refractivity contribution in [2.45, 2.75) is 6.42 Å². The van der Waals surface area contributed by atoms with Crippen LogP contribution in [-0.2, 0) is 0 Å². The van der Waals surface area contributed by atoms with Gasteiger partial charge >= 0.3 is 0 Å². The predicted octanol–water partition coefficient (Wildman–Crippen LogP) is 2.46. The number of carbonyl (C=O) groups is 1. The highest BCUT2D eigenvalue weighted by atomic mass is 32.2. The molecule has 0 unspecified atom stereocenters. The van der Waals surface area contributed by atoms with Crippen molar-refractivity contribution < 1.29 is 9.72 Å². The third kappa shape index (κ3) is 2.68. The van der Waals surface area contributed by atoms with Crippen LogP contribution in [0.2, 0.25) is 0 Å². The van der Waals surface area contributed by atoms with E-state index in [9.17, 15) is 14.9 Å². The van der Waals surface area contributed by atoms with Crippen molar-refractivity contribution in [3.05, 3.63) is 39.9 Å². The van der Waals surface area contributed by atoms with Crippen LogP contribution >= 0.6 is 24.0 Å². The minimum atomic E-state index is -0.490. The van der Waals surface area contributed by atoms with Gasteiger partial charge in [-0.1, -0.05) is 24.0 Å². The van der Waals surface area contributed by atoms with Gasteiger partial charge in [0.1, 0.15) is 4.32 Å². The molecule has 0 aliphatic carbocycles. The number of nitro benzene ring substituents is 1. The second kappa shape index (κ2) is 5.45. The summed E-state index contributed by atoms with van der Waals surface area (Å²) < 4.78 is 0.574. The van der Waals surface area contributed by atoms with Gasteiger partial charge in [0.2, 0.25) is 0 Å². The molecule has 1 heterocycles. The Hall–Kier alpha value is -1.47. The highest BCUT2D eigenvalue weighted by Gasteiger charge is 2.23. The van der Waals surface area contributed by atoms with E-state index in [0.29, 0.717) is 16.4 Å². The average Bonchev–Trinajstić information content (AvgIpc) is 2.38. The predicted molar refractivity (Wildman–Crippen MR) is 73.8 cm³/mol. The smallest absolute Gasteiger partial charge is 0.269 e. The molecule has 0 atom stereocenters. The zero-order chi connectivity index (χ0) is 13.1.